The number of nitrogens with two attached hydrogens (primary N) is 2. The number of carbonyl (C=O) groups excluding carboxylic acids is 1. The number of ether oxygens (including phenoxy) is 1. The van der Waals surface area contributed by atoms with Gasteiger partial charge < -0.3 is 16.2 Å². The highest BCUT2D eigenvalue weighted by Crippen LogP contribution is 2.16. The summed E-state index contributed by atoms with van der Waals surface area (Å²) in [6, 6.07) is 4.83. The quantitative estimate of drug-likeness (QED) is 0.428. The predicted octanol–water partition coefficient (Wildman–Crippen LogP) is 3.37. The van der Waals surface area contributed by atoms with Gasteiger partial charge in [0.1, 0.15) is 0 Å². The zero-order chi connectivity index (χ0) is 14.1. The van der Waals surface area contributed by atoms with Crippen LogP contribution in [0.4, 0.5) is 11.4 Å². The van der Waals surface area contributed by atoms with Crippen molar-refractivity contribution in [1.29, 1.82) is 0 Å². The Balaban J connectivity index is 2.24. The van der Waals surface area contributed by atoms with Crippen LogP contribution >= 0.6 is 0 Å². The van der Waals surface area contributed by atoms with Crippen LogP contribution in [0, 0.1) is 0 Å². The van der Waals surface area contributed by atoms with Crippen molar-refractivity contribution in [2.24, 2.45) is 0 Å². The van der Waals surface area contributed by atoms with E-state index in [9.17, 15) is 4.79 Å². The molecule has 19 heavy (non-hydrogen) atoms. The maximum Gasteiger partial charge on any atom is 0.340 e. The summed E-state index contributed by atoms with van der Waals surface area (Å²) < 4.78 is 5.20. The lowest BCUT2D eigenvalue weighted by atomic mass is 10.1. The average Bonchev–Trinajstić information content (AvgIpc) is 2.37. The molecule has 106 valence electrons. The van der Waals surface area contributed by atoms with Gasteiger partial charge in [-0.25, -0.2) is 4.79 Å². The summed E-state index contributed by atoms with van der Waals surface area (Å²) >= 11 is 0. The molecule has 0 heterocycles. The van der Waals surface area contributed by atoms with Crippen LogP contribution in [-0.4, -0.2) is 12.6 Å². The smallest absolute Gasteiger partial charge is 0.340 e. The van der Waals surface area contributed by atoms with Gasteiger partial charge >= 0.3 is 5.97 Å². The number of anilines is 2. The molecule has 0 atom stereocenters. The monoisotopic (exact) mass is 264 g/mol. The average molecular weight is 264 g/mol. The van der Waals surface area contributed by atoms with Crippen molar-refractivity contribution < 1.29 is 9.53 Å². The lowest BCUT2D eigenvalue weighted by Crippen LogP contribution is -2.09. The SMILES string of the molecule is CCCCCCCCOC(=O)c1ccc(N)cc1N. The number of unbranched alkanes of at least 4 members (excludes halogenated alkanes) is 5. The van der Waals surface area contributed by atoms with E-state index in [-0.39, 0.29) is 5.97 Å². The molecule has 4 heteroatoms. The molecule has 4 N–H and O–H groups in total. The minimum atomic E-state index is -0.369. The molecule has 0 bridgehead atoms. The van der Waals surface area contributed by atoms with Crippen LogP contribution in [0.1, 0.15) is 55.8 Å². The molecule has 0 aromatic heterocycles. The first kappa shape index (κ1) is 15.3. The molecule has 4 nitrogen and oxygen atoms in total. The first-order valence-electron chi connectivity index (χ1n) is 6.97. The maximum atomic E-state index is 11.8. The van der Waals surface area contributed by atoms with Crippen LogP contribution in [0.25, 0.3) is 0 Å². The Morgan fingerprint density at radius 3 is 2.47 bits per heavy atom. The van der Waals surface area contributed by atoms with Crippen molar-refractivity contribution in [3.63, 3.8) is 0 Å². The predicted molar refractivity (Wildman–Crippen MR) is 78.9 cm³/mol. The third-order valence-corrected chi connectivity index (χ3v) is 3.03. The van der Waals surface area contributed by atoms with Gasteiger partial charge in [0.2, 0.25) is 0 Å². The van der Waals surface area contributed by atoms with Gasteiger partial charge in [-0.1, -0.05) is 39.0 Å². The Hall–Kier alpha value is -1.71. The highest BCUT2D eigenvalue weighted by atomic mass is 16.5. The van der Waals surface area contributed by atoms with Gasteiger partial charge in [-0.15, -0.1) is 0 Å². The lowest BCUT2D eigenvalue weighted by molar-refractivity contribution is 0.0499. The van der Waals surface area contributed by atoms with E-state index < -0.39 is 0 Å². The summed E-state index contributed by atoms with van der Waals surface area (Å²) in [4.78, 5) is 11.8. The molecule has 0 unspecified atom stereocenters. The van der Waals surface area contributed by atoms with Crippen molar-refractivity contribution in [1.82, 2.24) is 0 Å². The van der Waals surface area contributed by atoms with E-state index in [2.05, 4.69) is 6.92 Å². The van der Waals surface area contributed by atoms with E-state index in [0.29, 0.717) is 23.5 Å². The van der Waals surface area contributed by atoms with Crippen LogP contribution < -0.4 is 11.5 Å². The van der Waals surface area contributed by atoms with E-state index in [4.69, 9.17) is 16.2 Å². The standard InChI is InChI=1S/C15H24N2O2/c1-2-3-4-5-6-7-10-19-15(18)13-9-8-12(16)11-14(13)17/h8-9,11H,2-7,10,16-17H2,1H3. The lowest BCUT2D eigenvalue weighted by Gasteiger charge is -2.07. The molecule has 0 amide bonds. The summed E-state index contributed by atoms with van der Waals surface area (Å²) in [6.07, 6.45) is 6.99. The molecule has 0 aliphatic heterocycles. The summed E-state index contributed by atoms with van der Waals surface area (Å²) in [6.45, 7) is 2.65. The zero-order valence-corrected chi connectivity index (χ0v) is 11.7. The molecular weight excluding hydrogens is 240 g/mol. The molecule has 1 rings (SSSR count). The number of esters is 1. The van der Waals surface area contributed by atoms with Crippen molar-refractivity contribution in [2.75, 3.05) is 18.1 Å². The molecule has 1 aromatic carbocycles. The number of hydrogen-bond donors (Lipinski definition) is 2. The molecule has 0 fully saturated rings. The summed E-state index contributed by atoms with van der Waals surface area (Å²) in [5, 5.41) is 0. The zero-order valence-electron chi connectivity index (χ0n) is 11.7. The van der Waals surface area contributed by atoms with Gasteiger partial charge in [-0.2, -0.15) is 0 Å². The number of nitrogen functional groups attached to an aromatic ring is 2. The summed E-state index contributed by atoms with van der Waals surface area (Å²) in [7, 11) is 0. The Kier molecular flexibility index (Phi) is 6.79. The molecule has 1 aromatic rings. The molecular formula is C15H24N2O2. The van der Waals surface area contributed by atoms with Crippen molar-refractivity contribution in [3.05, 3.63) is 23.8 Å². The Morgan fingerprint density at radius 2 is 1.79 bits per heavy atom. The number of benzene rings is 1. The van der Waals surface area contributed by atoms with Crippen molar-refractivity contribution in [2.45, 2.75) is 45.4 Å². The first-order chi connectivity index (χ1) is 9.15. The highest BCUT2D eigenvalue weighted by molar-refractivity contribution is 5.95. The van der Waals surface area contributed by atoms with E-state index in [1.54, 1.807) is 18.2 Å². The Morgan fingerprint density at radius 1 is 1.11 bits per heavy atom. The molecule has 0 saturated carbocycles. The Labute approximate surface area is 115 Å². The minimum absolute atomic E-state index is 0.368. The molecule has 0 spiro atoms. The maximum absolute atomic E-state index is 11.8. The minimum Gasteiger partial charge on any atom is -0.462 e. The molecule has 0 aliphatic rings. The van der Waals surface area contributed by atoms with Crippen LogP contribution in [0.2, 0.25) is 0 Å². The van der Waals surface area contributed by atoms with Crippen molar-refractivity contribution >= 4 is 17.3 Å². The van der Waals surface area contributed by atoms with E-state index in [0.717, 1.165) is 12.8 Å². The summed E-state index contributed by atoms with van der Waals surface area (Å²) in [5.41, 5.74) is 12.6. The van der Waals surface area contributed by atoms with Gasteiger partial charge in [-0.05, 0) is 24.6 Å². The van der Waals surface area contributed by atoms with E-state index in [1.165, 1.54) is 25.7 Å². The second-order valence-electron chi connectivity index (χ2n) is 4.75. The van der Waals surface area contributed by atoms with Gasteiger partial charge in [-0.3, -0.25) is 0 Å². The fraction of sp³-hybridized carbons (Fsp3) is 0.533. The first-order valence-corrected chi connectivity index (χ1v) is 6.97. The van der Waals surface area contributed by atoms with Crippen LogP contribution in [0.15, 0.2) is 18.2 Å². The Bertz CT molecular complexity index is 405. The van der Waals surface area contributed by atoms with Gasteiger partial charge in [0.05, 0.1) is 12.2 Å². The van der Waals surface area contributed by atoms with Gasteiger partial charge in [0.25, 0.3) is 0 Å². The van der Waals surface area contributed by atoms with Gasteiger partial charge in [0, 0.05) is 11.4 Å². The van der Waals surface area contributed by atoms with Gasteiger partial charge in [0.15, 0.2) is 0 Å². The largest absolute Gasteiger partial charge is 0.462 e. The second kappa shape index (κ2) is 8.40. The third-order valence-electron chi connectivity index (χ3n) is 3.03. The van der Waals surface area contributed by atoms with Crippen LogP contribution in [-0.2, 0) is 4.74 Å². The fourth-order valence-electron chi connectivity index (χ4n) is 1.89. The van der Waals surface area contributed by atoms with E-state index >= 15 is 0 Å². The topological polar surface area (TPSA) is 78.3 Å². The van der Waals surface area contributed by atoms with Crippen molar-refractivity contribution in [3.8, 4) is 0 Å². The highest BCUT2D eigenvalue weighted by Gasteiger charge is 2.10. The number of rotatable bonds is 8. The molecule has 0 saturated heterocycles. The number of hydrogen-bond acceptors (Lipinski definition) is 4. The summed E-state index contributed by atoms with van der Waals surface area (Å²) in [5.74, 6) is -0.369. The van der Waals surface area contributed by atoms with Crippen LogP contribution in [0.3, 0.4) is 0 Å². The molecule has 0 aliphatic carbocycles. The van der Waals surface area contributed by atoms with E-state index in [1.807, 2.05) is 0 Å². The third kappa shape index (κ3) is 5.64. The second-order valence-corrected chi connectivity index (χ2v) is 4.75. The number of carbonyl (C=O) groups is 1. The normalized spacial score (nSPS) is 10.4. The molecule has 0 radical (unpaired) electrons. The fourth-order valence-corrected chi connectivity index (χ4v) is 1.89. The van der Waals surface area contributed by atoms with Crippen LogP contribution in [0.5, 0.6) is 0 Å².